The standard InChI is InChI=1S/C12H20BrN3O4/c1-6-7(5-13)10-9(4-8(6)16-20-17)14-11(18-2)12(15-10)19-3/h6-10,16-17H,4-5H2,1-3H3. The van der Waals surface area contributed by atoms with Gasteiger partial charge < -0.3 is 9.47 Å². The van der Waals surface area contributed by atoms with Crippen LogP contribution in [0.4, 0.5) is 0 Å². The van der Waals surface area contributed by atoms with Gasteiger partial charge in [-0.25, -0.2) is 15.2 Å². The predicted octanol–water partition coefficient (Wildman–Crippen LogP) is 1.24. The van der Waals surface area contributed by atoms with E-state index in [9.17, 15) is 0 Å². The molecule has 2 aliphatic rings. The molecule has 1 fully saturated rings. The minimum atomic E-state index is -0.0183. The zero-order valence-electron chi connectivity index (χ0n) is 11.7. The number of nitrogens with zero attached hydrogens (tertiary/aromatic N) is 2. The van der Waals surface area contributed by atoms with Gasteiger partial charge in [0.1, 0.15) is 0 Å². The summed E-state index contributed by atoms with van der Waals surface area (Å²) in [6.07, 6.45) is 0.712. The van der Waals surface area contributed by atoms with Gasteiger partial charge in [-0.05, 0) is 18.3 Å². The van der Waals surface area contributed by atoms with Crippen LogP contribution in [0.2, 0.25) is 0 Å². The van der Waals surface area contributed by atoms with Crippen LogP contribution in [-0.2, 0) is 14.5 Å². The number of nitrogens with one attached hydrogen (secondary N) is 1. The summed E-state index contributed by atoms with van der Waals surface area (Å²) in [5, 5.41) is 9.43. The van der Waals surface area contributed by atoms with Gasteiger partial charge in [0.25, 0.3) is 11.8 Å². The molecule has 1 heterocycles. The van der Waals surface area contributed by atoms with E-state index in [1.165, 1.54) is 0 Å². The van der Waals surface area contributed by atoms with Crippen molar-refractivity contribution in [1.29, 1.82) is 0 Å². The molecule has 20 heavy (non-hydrogen) atoms. The van der Waals surface area contributed by atoms with Crippen molar-refractivity contribution in [2.75, 3.05) is 19.5 Å². The fourth-order valence-electron chi connectivity index (χ4n) is 2.95. The van der Waals surface area contributed by atoms with E-state index in [0.29, 0.717) is 18.2 Å². The van der Waals surface area contributed by atoms with Crippen molar-refractivity contribution in [2.24, 2.45) is 21.8 Å². The number of hydroxylamine groups is 1. The summed E-state index contributed by atoms with van der Waals surface area (Å²) < 4.78 is 10.5. The molecule has 0 bridgehead atoms. The SMILES string of the molecule is COC1=NC2CC(NOO)C(C)C(CBr)C2N=C1OC. The second-order valence-electron chi connectivity index (χ2n) is 5.06. The van der Waals surface area contributed by atoms with E-state index in [-0.39, 0.29) is 30.0 Å². The molecule has 8 heteroatoms. The number of hydrogen-bond donors (Lipinski definition) is 2. The van der Waals surface area contributed by atoms with Gasteiger partial charge in [-0.15, -0.1) is 4.99 Å². The Bertz CT molecular complexity index is 404. The third-order valence-corrected chi connectivity index (χ3v) is 4.89. The van der Waals surface area contributed by atoms with Crippen molar-refractivity contribution in [3.05, 3.63) is 0 Å². The summed E-state index contributed by atoms with van der Waals surface area (Å²) in [6, 6.07) is 0.0233. The fraction of sp³-hybridized carbons (Fsp3) is 0.833. The third-order valence-electron chi connectivity index (χ3n) is 4.14. The van der Waals surface area contributed by atoms with Gasteiger partial charge in [-0.1, -0.05) is 22.9 Å². The molecule has 0 amide bonds. The Morgan fingerprint density at radius 1 is 1.30 bits per heavy atom. The number of rotatable bonds is 3. The van der Waals surface area contributed by atoms with Gasteiger partial charge >= 0.3 is 0 Å². The Balaban J connectivity index is 2.27. The molecule has 0 saturated heterocycles. The second-order valence-corrected chi connectivity index (χ2v) is 5.71. The van der Waals surface area contributed by atoms with Crippen molar-refractivity contribution in [3.8, 4) is 0 Å². The predicted molar refractivity (Wildman–Crippen MR) is 78.2 cm³/mol. The van der Waals surface area contributed by atoms with Crippen LogP contribution in [0, 0.1) is 11.8 Å². The summed E-state index contributed by atoms with van der Waals surface area (Å²) in [4.78, 5) is 13.3. The molecule has 1 aliphatic heterocycles. The number of hydrogen-bond acceptors (Lipinski definition) is 7. The monoisotopic (exact) mass is 349 g/mol. The lowest BCUT2D eigenvalue weighted by molar-refractivity contribution is -0.304. The zero-order chi connectivity index (χ0) is 14.7. The highest BCUT2D eigenvalue weighted by Gasteiger charge is 2.45. The van der Waals surface area contributed by atoms with E-state index >= 15 is 0 Å². The summed E-state index contributed by atoms with van der Waals surface area (Å²) in [5.74, 6) is 1.38. The molecule has 1 saturated carbocycles. The Morgan fingerprint density at radius 2 is 1.95 bits per heavy atom. The summed E-state index contributed by atoms with van der Waals surface area (Å²) in [7, 11) is 3.11. The highest BCUT2D eigenvalue weighted by atomic mass is 79.9. The Hall–Kier alpha value is -0.700. The number of ether oxygens (including phenoxy) is 2. The Labute approximate surface area is 126 Å². The average molecular weight is 350 g/mol. The molecule has 0 aromatic rings. The van der Waals surface area contributed by atoms with Gasteiger partial charge in [0, 0.05) is 11.4 Å². The topological polar surface area (TPSA) is 84.7 Å². The number of fused-ring (bicyclic) bond motifs is 1. The highest BCUT2D eigenvalue weighted by molar-refractivity contribution is 9.09. The normalized spacial score (nSPS) is 36.8. The lowest BCUT2D eigenvalue weighted by atomic mass is 9.72. The largest absolute Gasteiger partial charge is 0.477 e. The number of halogens is 1. The second kappa shape index (κ2) is 6.84. The number of alkyl halides is 1. The molecule has 1 aliphatic carbocycles. The Kier molecular flexibility index (Phi) is 5.36. The van der Waals surface area contributed by atoms with E-state index in [4.69, 9.17) is 14.7 Å². The lowest BCUT2D eigenvalue weighted by Crippen LogP contribution is -2.54. The van der Waals surface area contributed by atoms with Crippen LogP contribution in [0.5, 0.6) is 0 Å². The van der Waals surface area contributed by atoms with Crippen molar-refractivity contribution in [3.63, 3.8) is 0 Å². The maximum Gasteiger partial charge on any atom is 0.273 e. The third kappa shape index (κ3) is 2.83. The van der Waals surface area contributed by atoms with E-state index in [1.54, 1.807) is 14.2 Å². The molecule has 0 aromatic carbocycles. The van der Waals surface area contributed by atoms with Crippen LogP contribution >= 0.6 is 15.9 Å². The van der Waals surface area contributed by atoms with Crippen LogP contribution < -0.4 is 5.48 Å². The van der Waals surface area contributed by atoms with Crippen molar-refractivity contribution >= 4 is 27.7 Å². The molecule has 5 atom stereocenters. The molecular formula is C12H20BrN3O4. The van der Waals surface area contributed by atoms with E-state index in [0.717, 1.165) is 5.33 Å². The number of methoxy groups -OCH3 is 2. The van der Waals surface area contributed by atoms with Gasteiger partial charge in [0.2, 0.25) is 0 Å². The molecule has 5 unspecified atom stereocenters. The van der Waals surface area contributed by atoms with Gasteiger partial charge in [0.15, 0.2) is 0 Å². The molecule has 0 radical (unpaired) electrons. The quantitative estimate of drug-likeness (QED) is 0.455. The molecular weight excluding hydrogens is 330 g/mol. The molecule has 2 rings (SSSR count). The van der Waals surface area contributed by atoms with Crippen molar-refractivity contribution in [2.45, 2.75) is 31.5 Å². The maximum absolute atomic E-state index is 8.64. The van der Waals surface area contributed by atoms with Crippen LogP contribution in [0.1, 0.15) is 13.3 Å². The lowest BCUT2D eigenvalue weighted by Gasteiger charge is -2.43. The van der Waals surface area contributed by atoms with E-state index < -0.39 is 0 Å². The molecule has 0 spiro atoms. The highest BCUT2D eigenvalue weighted by Crippen LogP contribution is 2.37. The first-order valence-corrected chi connectivity index (χ1v) is 7.64. The maximum atomic E-state index is 8.64. The summed E-state index contributed by atoms with van der Waals surface area (Å²) >= 11 is 3.55. The van der Waals surface area contributed by atoms with E-state index in [2.05, 4.69) is 43.3 Å². The molecule has 2 N–H and O–H groups in total. The summed E-state index contributed by atoms with van der Waals surface area (Å²) in [5.41, 5.74) is 2.63. The zero-order valence-corrected chi connectivity index (χ0v) is 13.3. The van der Waals surface area contributed by atoms with Crippen LogP contribution in [0.3, 0.4) is 0 Å². The first-order chi connectivity index (χ1) is 9.65. The first kappa shape index (κ1) is 15.7. The first-order valence-electron chi connectivity index (χ1n) is 6.52. The Morgan fingerprint density at radius 3 is 2.50 bits per heavy atom. The van der Waals surface area contributed by atoms with Crippen LogP contribution in [0.15, 0.2) is 9.98 Å². The van der Waals surface area contributed by atoms with Crippen LogP contribution in [-0.4, -0.2) is 54.7 Å². The minimum absolute atomic E-state index is 0.00458. The molecule has 114 valence electrons. The van der Waals surface area contributed by atoms with Gasteiger partial charge in [-0.2, -0.15) is 5.48 Å². The molecule has 0 aromatic heterocycles. The fourth-order valence-corrected chi connectivity index (χ4v) is 3.92. The van der Waals surface area contributed by atoms with Gasteiger partial charge in [0.05, 0.1) is 26.3 Å². The van der Waals surface area contributed by atoms with E-state index in [1.807, 2.05) is 0 Å². The van der Waals surface area contributed by atoms with Crippen molar-refractivity contribution in [1.82, 2.24) is 5.48 Å². The van der Waals surface area contributed by atoms with Crippen molar-refractivity contribution < 1.29 is 19.7 Å². The van der Waals surface area contributed by atoms with Gasteiger partial charge in [-0.3, -0.25) is 0 Å². The molecule has 7 nitrogen and oxygen atoms in total. The average Bonchev–Trinajstić information content (AvgIpc) is 2.47. The smallest absolute Gasteiger partial charge is 0.273 e. The summed E-state index contributed by atoms with van der Waals surface area (Å²) in [6.45, 7) is 2.11. The van der Waals surface area contributed by atoms with Crippen LogP contribution in [0.25, 0.3) is 0 Å². The minimum Gasteiger partial charge on any atom is -0.477 e. The number of aliphatic imine (C=N–C) groups is 2.